The van der Waals surface area contributed by atoms with Gasteiger partial charge in [0.2, 0.25) is 9.84 Å². The van der Waals surface area contributed by atoms with Gasteiger partial charge in [-0.15, -0.1) is 0 Å². The van der Waals surface area contributed by atoms with E-state index in [1.807, 2.05) is 0 Å². The van der Waals surface area contributed by atoms with Gasteiger partial charge in [-0.05, 0) is 12.1 Å². The number of pyridine rings is 1. The highest BCUT2D eigenvalue weighted by Gasteiger charge is 2.10. The molecule has 0 bridgehead atoms. The topological polar surface area (TPSA) is 47.0 Å². The van der Waals surface area contributed by atoms with Gasteiger partial charge in [0.05, 0.1) is 0 Å². The smallest absolute Gasteiger partial charge is 0.216 e. The van der Waals surface area contributed by atoms with E-state index in [1.165, 1.54) is 18.2 Å². The van der Waals surface area contributed by atoms with Crippen molar-refractivity contribution < 1.29 is 8.42 Å². The van der Waals surface area contributed by atoms with Crippen molar-refractivity contribution in [2.45, 2.75) is 5.03 Å². The zero-order valence-corrected chi connectivity index (χ0v) is 7.64. The third kappa shape index (κ3) is 1.84. The Kier molecular flexibility index (Phi) is 2.49. The maximum atomic E-state index is 11.1. The quantitative estimate of drug-likeness (QED) is 0.687. The first-order chi connectivity index (χ1) is 5.56. The summed E-state index contributed by atoms with van der Waals surface area (Å²) in [6.45, 7) is 3.17. The Morgan fingerprint density at radius 3 is 2.67 bits per heavy atom. The van der Waals surface area contributed by atoms with Crippen LogP contribution < -0.4 is 0 Å². The molecule has 0 atom stereocenters. The van der Waals surface area contributed by atoms with Gasteiger partial charge in [0.25, 0.3) is 0 Å². The van der Waals surface area contributed by atoms with Crippen LogP contribution in [0.15, 0.2) is 35.2 Å². The molecule has 0 radical (unpaired) electrons. The molecule has 0 aliphatic heterocycles. The van der Waals surface area contributed by atoms with Gasteiger partial charge in [-0.25, -0.2) is 13.4 Å². The molecule has 12 heavy (non-hydrogen) atoms. The van der Waals surface area contributed by atoms with Crippen LogP contribution in [-0.4, -0.2) is 13.4 Å². The molecule has 0 amide bonds. The molecule has 0 spiro atoms. The predicted octanol–water partition coefficient (Wildman–Crippen LogP) is 1.65. The molecule has 64 valence electrons. The largest absolute Gasteiger partial charge is 0.224 e. The maximum absolute atomic E-state index is 11.1. The molecular weight excluding hydrogens is 198 g/mol. The summed E-state index contributed by atoms with van der Waals surface area (Å²) in [5, 5.41) is 0.911. The Hall–Kier alpha value is -0.870. The Balaban J connectivity index is 3.30. The number of sulfone groups is 1. The molecule has 1 rings (SSSR count). The summed E-state index contributed by atoms with van der Waals surface area (Å²) in [5.41, 5.74) is 0. The van der Waals surface area contributed by atoms with Crippen molar-refractivity contribution in [3.05, 3.63) is 35.3 Å². The second-order valence-electron chi connectivity index (χ2n) is 2.01. The number of halogens is 1. The summed E-state index contributed by atoms with van der Waals surface area (Å²) >= 11 is 5.50. The molecule has 1 aromatic rings. The lowest BCUT2D eigenvalue weighted by atomic mass is 10.5. The van der Waals surface area contributed by atoms with Crippen LogP contribution in [-0.2, 0) is 9.84 Å². The van der Waals surface area contributed by atoms with Gasteiger partial charge in [-0.2, -0.15) is 0 Å². The Labute approximate surface area is 75.6 Å². The average molecular weight is 204 g/mol. The van der Waals surface area contributed by atoms with Crippen molar-refractivity contribution in [2.24, 2.45) is 0 Å². The fourth-order valence-corrected chi connectivity index (χ4v) is 1.51. The van der Waals surface area contributed by atoms with Crippen molar-refractivity contribution in [1.29, 1.82) is 0 Å². The first-order valence-corrected chi connectivity index (χ1v) is 4.99. The number of nitrogens with zero attached hydrogens (tertiary/aromatic N) is 1. The lowest BCUT2D eigenvalue weighted by molar-refractivity contribution is 0.601. The minimum Gasteiger partial charge on any atom is -0.224 e. The van der Waals surface area contributed by atoms with E-state index in [1.54, 1.807) is 0 Å². The molecule has 3 nitrogen and oxygen atoms in total. The molecular formula is C7H6ClNO2S. The van der Waals surface area contributed by atoms with Crippen LogP contribution in [0.25, 0.3) is 0 Å². The average Bonchev–Trinajstić information content (AvgIpc) is 2.05. The number of aromatic nitrogens is 1. The highest BCUT2D eigenvalue weighted by molar-refractivity contribution is 7.94. The predicted molar refractivity (Wildman–Crippen MR) is 46.6 cm³/mol. The van der Waals surface area contributed by atoms with Gasteiger partial charge in [-0.3, -0.25) is 0 Å². The standard InChI is InChI=1S/C7H6ClNO2S/c1-2-12(10,11)7-5-3-4-6(8)9-7/h2-5H,1H2. The highest BCUT2D eigenvalue weighted by Crippen LogP contribution is 2.11. The third-order valence-electron chi connectivity index (χ3n) is 1.20. The van der Waals surface area contributed by atoms with Gasteiger partial charge in [0, 0.05) is 5.41 Å². The zero-order valence-electron chi connectivity index (χ0n) is 6.07. The lowest BCUT2D eigenvalue weighted by Gasteiger charge is -1.96. The van der Waals surface area contributed by atoms with E-state index in [0.29, 0.717) is 0 Å². The molecule has 0 saturated carbocycles. The molecule has 0 N–H and O–H groups in total. The van der Waals surface area contributed by atoms with Crippen molar-refractivity contribution in [3.8, 4) is 0 Å². The van der Waals surface area contributed by atoms with E-state index in [9.17, 15) is 8.42 Å². The summed E-state index contributed by atoms with van der Waals surface area (Å²) < 4.78 is 22.2. The zero-order chi connectivity index (χ0) is 9.19. The molecule has 0 saturated heterocycles. The highest BCUT2D eigenvalue weighted by atomic mass is 35.5. The van der Waals surface area contributed by atoms with Gasteiger partial charge in [0.1, 0.15) is 5.15 Å². The summed E-state index contributed by atoms with van der Waals surface area (Å²) in [5.74, 6) is 0. The van der Waals surface area contributed by atoms with Crippen LogP contribution in [0.5, 0.6) is 0 Å². The molecule has 0 aromatic carbocycles. The van der Waals surface area contributed by atoms with Gasteiger partial charge >= 0.3 is 0 Å². The van der Waals surface area contributed by atoms with E-state index in [2.05, 4.69) is 11.6 Å². The first kappa shape index (κ1) is 9.22. The Bertz CT molecular complexity index is 400. The number of hydrogen-bond donors (Lipinski definition) is 0. The van der Waals surface area contributed by atoms with Crippen LogP contribution in [0.2, 0.25) is 5.15 Å². The summed E-state index contributed by atoms with van der Waals surface area (Å²) in [6.07, 6.45) is 0. The van der Waals surface area contributed by atoms with Crippen LogP contribution in [0.3, 0.4) is 0 Å². The van der Waals surface area contributed by atoms with E-state index in [4.69, 9.17) is 11.6 Å². The molecule has 1 aromatic heterocycles. The molecule has 1 heterocycles. The van der Waals surface area contributed by atoms with Gasteiger partial charge < -0.3 is 0 Å². The monoisotopic (exact) mass is 203 g/mol. The molecule has 0 aliphatic carbocycles. The Morgan fingerprint density at radius 1 is 1.50 bits per heavy atom. The second kappa shape index (κ2) is 3.25. The van der Waals surface area contributed by atoms with Crippen molar-refractivity contribution >= 4 is 21.4 Å². The minimum atomic E-state index is -3.45. The van der Waals surface area contributed by atoms with E-state index in [-0.39, 0.29) is 10.2 Å². The molecule has 5 heteroatoms. The maximum Gasteiger partial charge on any atom is 0.216 e. The van der Waals surface area contributed by atoms with Crippen molar-refractivity contribution in [2.75, 3.05) is 0 Å². The minimum absolute atomic E-state index is 0.0787. The first-order valence-electron chi connectivity index (χ1n) is 3.06. The van der Waals surface area contributed by atoms with Gasteiger partial charge in [0.15, 0.2) is 5.03 Å². The normalized spacial score (nSPS) is 11.1. The van der Waals surface area contributed by atoms with Crippen LogP contribution in [0.1, 0.15) is 0 Å². The summed E-state index contributed by atoms with van der Waals surface area (Å²) in [4.78, 5) is 3.62. The Morgan fingerprint density at radius 2 is 2.17 bits per heavy atom. The lowest BCUT2D eigenvalue weighted by Crippen LogP contribution is -1.98. The van der Waals surface area contributed by atoms with Crippen LogP contribution in [0, 0.1) is 0 Å². The molecule has 0 aliphatic rings. The van der Waals surface area contributed by atoms with Crippen LogP contribution in [0.4, 0.5) is 0 Å². The van der Waals surface area contributed by atoms with Gasteiger partial charge in [-0.1, -0.05) is 24.2 Å². The van der Waals surface area contributed by atoms with E-state index < -0.39 is 9.84 Å². The second-order valence-corrected chi connectivity index (χ2v) is 4.24. The summed E-state index contributed by atoms with van der Waals surface area (Å²) in [6, 6.07) is 4.39. The molecule has 0 fully saturated rings. The fraction of sp³-hybridized carbons (Fsp3) is 0. The van der Waals surface area contributed by atoms with E-state index in [0.717, 1.165) is 5.41 Å². The molecule has 0 unspecified atom stereocenters. The van der Waals surface area contributed by atoms with E-state index >= 15 is 0 Å². The fourth-order valence-electron chi connectivity index (χ4n) is 0.633. The summed E-state index contributed by atoms with van der Waals surface area (Å²) in [7, 11) is -3.45. The number of hydrogen-bond acceptors (Lipinski definition) is 3. The van der Waals surface area contributed by atoms with Crippen LogP contribution >= 0.6 is 11.6 Å². The third-order valence-corrected chi connectivity index (χ3v) is 2.66. The number of rotatable bonds is 2. The van der Waals surface area contributed by atoms with Crippen molar-refractivity contribution in [3.63, 3.8) is 0 Å². The SMILES string of the molecule is C=CS(=O)(=O)c1cccc(Cl)n1. The van der Waals surface area contributed by atoms with Crippen molar-refractivity contribution in [1.82, 2.24) is 4.98 Å².